The Morgan fingerprint density at radius 1 is 1.00 bits per heavy atom. The van der Waals surface area contributed by atoms with E-state index in [2.05, 4.69) is 0 Å². The molecular weight excluding hydrogens is 172 g/mol. The summed E-state index contributed by atoms with van der Waals surface area (Å²) in [4.78, 5) is 10.7. The van der Waals surface area contributed by atoms with Gasteiger partial charge in [-0.05, 0) is 12.1 Å². The minimum absolute atomic E-state index is 0. The molecule has 1 aromatic carbocycles. The largest absolute Gasteiger partial charge is 0.423 e. The number of rotatable bonds is 0. The Kier molecular flexibility index (Phi) is 2.55. The maximum Gasteiger partial charge on any atom is 0.336 e. The third-order valence-electron chi connectivity index (χ3n) is 1.53. The maximum atomic E-state index is 10.7. The van der Waals surface area contributed by atoms with Crippen molar-refractivity contribution >= 4 is 24.5 Å². The van der Waals surface area contributed by atoms with Crippen LogP contribution in [-0.4, -0.2) is 0 Å². The fraction of sp³-hybridized carbons (Fsp3) is 0. The van der Waals surface area contributed by atoms with Crippen LogP contribution in [0.3, 0.4) is 0 Å². The van der Waals surface area contributed by atoms with Crippen LogP contribution in [0.5, 0.6) is 0 Å². The van der Waals surface area contributed by atoms with Gasteiger partial charge in [0.25, 0.3) is 0 Å². The summed E-state index contributed by atoms with van der Waals surface area (Å²) in [5.41, 5.74) is 0.337. The average Bonchev–Trinajstić information content (AvgIpc) is 2.04. The Hall–Kier alpha value is -1.22. The Bertz CT molecular complexity index is 433. The second-order valence-corrected chi connectivity index (χ2v) is 2.29. The summed E-state index contributed by atoms with van der Waals surface area (Å²) in [7, 11) is 0. The second kappa shape index (κ2) is 3.45. The van der Waals surface area contributed by atoms with Crippen molar-refractivity contribution in [2.75, 3.05) is 0 Å². The van der Waals surface area contributed by atoms with Crippen molar-refractivity contribution < 1.29 is 4.42 Å². The first-order chi connectivity index (χ1) is 5.36. The fourth-order valence-corrected chi connectivity index (χ4v) is 1.01. The maximum absolute atomic E-state index is 10.7. The molecule has 3 heteroatoms. The molecule has 1 heterocycles. The predicted octanol–water partition coefficient (Wildman–Crippen LogP) is 2.44. The van der Waals surface area contributed by atoms with Crippen molar-refractivity contribution in [2.45, 2.75) is 0 Å². The number of para-hydroxylation sites is 1. The van der Waals surface area contributed by atoms with Crippen LogP contribution in [0.25, 0.3) is 11.0 Å². The van der Waals surface area contributed by atoms with E-state index in [-0.39, 0.29) is 19.1 Å². The fourth-order valence-electron chi connectivity index (χ4n) is 1.01. The van der Waals surface area contributed by atoms with E-state index in [1.54, 1.807) is 12.1 Å². The molecular formula is C9H6O2S. The lowest BCUT2D eigenvalue weighted by molar-refractivity contribution is 0.561. The Morgan fingerprint density at radius 3 is 2.58 bits per heavy atom. The first kappa shape index (κ1) is 8.87. The molecule has 0 aliphatic carbocycles. The molecule has 0 bridgehead atoms. The summed E-state index contributed by atoms with van der Waals surface area (Å²) in [5.74, 6) is 0. The molecule has 0 fully saturated rings. The van der Waals surface area contributed by atoms with Crippen LogP contribution in [0.15, 0.2) is 45.6 Å². The van der Waals surface area contributed by atoms with E-state index in [9.17, 15) is 4.79 Å². The summed E-state index contributed by atoms with van der Waals surface area (Å²) < 4.78 is 4.91. The van der Waals surface area contributed by atoms with E-state index in [0.29, 0.717) is 5.58 Å². The monoisotopic (exact) mass is 178 g/mol. The standard InChI is InChI=1S/C9H6O2.S/c10-9-6-5-7-3-1-2-4-8(7)11-9;/h1-6H;. The molecule has 2 rings (SSSR count). The van der Waals surface area contributed by atoms with E-state index in [0.717, 1.165) is 5.39 Å². The van der Waals surface area contributed by atoms with Gasteiger partial charge in [0, 0.05) is 24.9 Å². The average molecular weight is 178 g/mol. The van der Waals surface area contributed by atoms with Gasteiger partial charge in [-0.15, -0.1) is 0 Å². The van der Waals surface area contributed by atoms with Crippen LogP contribution in [0, 0.1) is 0 Å². The number of hydrogen-bond donors (Lipinski definition) is 0. The van der Waals surface area contributed by atoms with Gasteiger partial charge in [0.2, 0.25) is 0 Å². The zero-order chi connectivity index (χ0) is 7.68. The minimum Gasteiger partial charge on any atom is -0.423 e. The summed E-state index contributed by atoms with van der Waals surface area (Å²) in [6.07, 6.45) is 0. The summed E-state index contributed by atoms with van der Waals surface area (Å²) in [5, 5.41) is 0.951. The van der Waals surface area contributed by atoms with Crippen molar-refractivity contribution in [1.82, 2.24) is 0 Å². The van der Waals surface area contributed by atoms with Crippen LogP contribution in [0.4, 0.5) is 0 Å². The van der Waals surface area contributed by atoms with Crippen LogP contribution < -0.4 is 5.63 Å². The van der Waals surface area contributed by atoms with Crippen LogP contribution in [-0.2, 0) is 0 Å². The van der Waals surface area contributed by atoms with Gasteiger partial charge < -0.3 is 4.42 Å². The number of benzene rings is 1. The zero-order valence-corrected chi connectivity index (χ0v) is 7.01. The highest BCUT2D eigenvalue weighted by Gasteiger charge is 1.92. The summed E-state index contributed by atoms with van der Waals surface area (Å²) in [6, 6.07) is 10.6. The Balaban J connectivity index is 0.000000720. The predicted molar refractivity (Wildman–Crippen MR) is 50.1 cm³/mol. The molecule has 0 saturated heterocycles. The minimum atomic E-state index is -0.302. The molecule has 60 valence electrons. The van der Waals surface area contributed by atoms with E-state index in [4.69, 9.17) is 4.42 Å². The van der Waals surface area contributed by atoms with Gasteiger partial charge in [-0.25, -0.2) is 4.79 Å². The Morgan fingerprint density at radius 2 is 1.75 bits per heavy atom. The van der Waals surface area contributed by atoms with Crippen LogP contribution >= 0.6 is 13.5 Å². The van der Waals surface area contributed by atoms with E-state index in [1.165, 1.54) is 6.07 Å². The quantitative estimate of drug-likeness (QED) is 0.580. The molecule has 0 amide bonds. The topological polar surface area (TPSA) is 30.2 Å². The van der Waals surface area contributed by atoms with Crippen molar-refractivity contribution in [3.8, 4) is 0 Å². The van der Waals surface area contributed by atoms with Crippen LogP contribution in [0.2, 0.25) is 0 Å². The van der Waals surface area contributed by atoms with Crippen molar-refractivity contribution in [3.05, 3.63) is 46.8 Å². The molecule has 0 spiro atoms. The van der Waals surface area contributed by atoms with Gasteiger partial charge in [0.15, 0.2) is 0 Å². The normalized spacial score (nSPS) is 9.33. The summed E-state index contributed by atoms with van der Waals surface area (Å²) in [6.45, 7) is 0. The lowest BCUT2D eigenvalue weighted by Crippen LogP contribution is -1.93. The van der Waals surface area contributed by atoms with E-state index >= 15 is 0 Å². The summed E-state index contributed by atoms with van der Waals surface area (Å²) >= 11 is 0. The van der Waals surface area contributed by atoms with Gasteiger partial charge in [0.05, 0.1) is 0 Å². The van der Waals surface area contributed by atoms with Gasteiger partial charge in [-0.3, -0.25) is 0 Å². The zero-order valence-electron chi connectivity index (χ0n) is 6.19. The molecule has 0 aliphatic heterocycles. The van der Waals surface area contributed by atoms with Crippen molar-refractivity contribution in [2.24, 2.45) is 0 Å². The highest BCUT2D eigenvalue weighted by Crippen LogP contribution is 2.08. The van der Waals surface area contributed by atoms with E-state index < -0.39 is 0 Å². The molecule has 0 atom stereocenters. The number of hydrogen-bond acceptors (Lipinski definition) is 2. The van der Waals surface area contributed by atoms with Crippen molar-refractivity contribution in [1.29, 1.82) is 0 Å². The van der Waals surface area contributed by atoms with Gasteiger partial charge in [0.1, 0.15) is 5.58 Å². The molecule has 12 heavy (non-hydrogen) atoms. The molecule has 2 nitrogen and oxygen atoms in total. The third kappa shape index (κ3) is 1.51. The molecule has 2 aromatic rings. The van der Waals surface area contributed by atoms with Crippen LogP contribution in [0.1, 0.15) is 0 Å². The van der Waals surface area contributed by atoms with Gasteiger partial charge in [-0.1, -0.05) is 18.2 Å². The smallest absolute Gasteiger partial charge is 0.336 e. The number of fused-ring (bicyclic) bond motifs is 1. The lowest BCUT2D eigenvalue weighted by atomic mass is 10.2. The molecule has 2 radical (unpaired) electrons. The second-order valence-electron chi connectivity index (χ2n) is 2.29. The third-order valence-corrected chi connectivity index (χ3v) is 1.53. The molecule has 1 aromatic heterocycles. The van der Waals surface area contributed by atoms with Gasteiger partial charge in [-0.2, -0.15) is 0 Å². The van der Waals surface area contributed by atoms with Crippen molar-refractivity contribution in [3.63, 3.8) is 0 Å². The van der Waals surface area contributed by atoms with E-state index in [1.807, 2.05) is 18.2 Å². The lowest BCUT2D eigenvalue weighted by Gasteiger charge is -1.91. The molecule has 0 saturated carbocycles. The van der Waals surface area contributed by atoms with Gasteiger partial charge >= 0.3 is 5.63 Å². The highest BCUT2D eigenvalue weighted by atomic mass is 32.1. The molecule has 0 N–H and O–H groups in total. The first-order valence-electron chi connectivity index (χ1n) is 3.35. The molecule has 0 aliphatic rings. The first-order valence-corrected chi connectivity index (χ1v) is 3.35. The SMILES string of the molecule is O=c1ccc2ccccc2o1.[S]. The molecule has 0 unspecified atom stereocenters. The highest BCUT2D eigenvalue weighted by molar-refractivity contribution is 7.59. The Labute approximate surface area is 76.3 Å².